The molecule has 1 saturated heterocycles. The van der Waals surface area contributed by atoms with E-state index in [2.05, 4.69) is 4.84 Å². The Labute approximate surface area is 159 Å². The lowest BCUT2D eigenvalue weighted by atomic mass is 10.1. The second-order valence-corrected chi connectivity index (χ2v) is 8.27. The van der Waals surface area contributed by atoms with Crippen molar-refractivity contribution in [2.45, 2.75) is 43.5 Å². The zero-order valence-electron chi connectivity index (χ0n) is 15.5. The van der Waals surface area contributed by atoms with E-state index >= 15 is 0 Å². The molecule has 146 valence electrons. The molecule has 1 amide bonds. The summed E-state index contributed by atoms with van der Waals surface area (Å²) in [7, 11) is -2.52. The van der Waals surface area contributed by atoms with Crippen molar-refractivity contribution in [1.82, 2.24) is 9.79 Å². The predicted molar refractivity (Wildman–Crippen MR) is 99.5 cm³/mol. The summed E-state index contributed by atoms with van der Waals surface area (Å²) >= 11 is 0. The molecule has 3 rings (SSSR count). The van der Waals surface area contributed by atoms with E-state index in [1.165, 1.54) is 31.4 Å². The largest absolute Gasteiger partial charge is 0.464 e. The molecule has 27 heavy (non-hydrogen) atoms. The minimum atomic E-state index is -3.75. The van der Waals surface area contributed by atoms with Gasteiger partial charge in [0.15, 0.2) is 0 Å². The first-order valence-corrected chi connectivity index (χ1v) is 10.4. The van der Waals surface area contributed by atoms with E-state index in [4.69, 9.17) is 4.42 Å². The second-order valence-electron chi connectivity index (χ2n) is 6.63. The van der Waals surface area contributed by atoms with Crippen molar-refractivity contribution >= 4 is 15.9 Å². The maximum absolute atomic E-state index is 13.1. The molecule has 0 bridgehead atoms. The number of rotatable bonds is 5. The van der Waals surface area contributed by atoms with Gasteiger partial charge in [0.05, 0.1) is 18.0 Å². The van der Waals surface area contributed by atoms with Gasteiger partial charge in [0.1, 0.15) is 11.5 Å². The fourth-order valence-electron chi connectivity index (χ4n) is 3.38. The first kappa shape index (κ1) is 19.6. The molecule has 2 aromatic rings. The van der Waals surface area contributed by atoms with Gasteiger partial charge in [-0.25, -0.2) is 8.42 Å². The van der Waals surface area contributed by atoms with Crippen LogP contribution >= 0.6 is 0 Å². The summed E-state index contributed by atoms with van der Waals surface area (Å²) in [5, 5.41) is 0. The van der Waals surface area contributed by atoms with Crippen molar-refractivity contribution < 1.29 is 22.5 Å². The second kappa shape index (κ2) is 8.24. The Morgan fingerprint density at radius 3 is 2.52 bits per heavy atom. The number of hydrogen-bond donors (Lipinski definition) is 1. The quantitative estimate of drug-likeness (QED) is 0.790. The smallest absolute Gasteiger partial charge is 0.262 e. The first-order valence-electron chi connectivity index (χ1n) is 8.94. The summed E-state index contributed by atoms with van der Waals surface area (Å²) < 4.78 is 29.7. The number of likely N-dealkylation sites (tertiary alicyclic amines) is 1. The highest BCUT2D eigenvalue weighted by molar-refractivity contribution is 7.89. The number of furan rings is 1. The van der Waals surface area contributed by atoms with Crippen molar-refractivity contribution in [3.63, 3.8) is 0 Å². The summed E-state index contributed by atoms with van der Waals surface area (Å²) in [5.74, 6) is 1.49. The first-order chi connectivity index (χ1) is 12.9. The number of amides is 1. The van der Waals surface area contributed by atoms with Gasteiger partial charge in [0, 0.05) is 12.1 Å². The van der Waals surface area contributed by atoms with E-state index in [0.29, 0.717) is 12.1 Å². The van der Waals surface area contributed by atoms with Crippen LogP contribution in [-0.2, 0) is 14.9 Å². The van der Waals surface area contributed by atoms with Gasteiger partial charge in [0.2, 0.25) is 0 Å². The average molecular weight is 392 g/mol. The van der Waals surface area contributed by atoms with Crippen LogP contribution in [0.1, 0.15) is 53.6 Å². The lowest BCUT2D eigenvalue weighted by Gasteiger charge is -2.29. The molecule has 0 aliphatic carbocycles. The van der Waals surface area contributed by atoms with E-state index in [9.17, 15) is 13.2 Å². The van der Waals surface area contributed by atoms with Crippen molar-refractivity contribution in [2.24, 2.45) is 0 Å². The number of aryl methyl sites for hydroxylation is 1. The minimum absolute atomic E-state index is 0.0370. The Hall–Kier alpha value is -2.16. The highest BCUT2D eigenvalue weighted by atomic mass is 32.2. The Balaban J connectivity index is 1.86. The van der Waals surface area contributed by atoms with Gasteiger partial charge in [0.25, 0.3) is 15.9 Å². The molecule has 7 nitrogen and oxygen atoms in total. The van der Waals surface area contributed by atoms with Gasteiger partial charge in [-0.3, -0.25) is 9.63 Å². The molecule has 1 aromatic heterocycles. The van der Waals surface area contributed by atoms with Crippen LogP contribution in [-0.4, -0.2) is 32.9 Å². The summed E-state index contributed by atoms with van der Waals surface area (Å²) in [6.45, 7) is 2.54. The molecule has 0 radical (unpaired) electrons. The lowest BCUT2D eigenvalue weighted by molar-refractivity contribution is 0.0657. The molecular weight excluding hydrogens is 368 g/mol. The van der Waals surface area contributed by atoms with Gasteiger partial charge in [-0.1, -0.05) is 17.7 Å². The van der Waals surface area contributed by atoms with E-state index < -0.39 is 10.0 Å². The number of hydrogen-bond acceptors (Lipinski definition) is 5. The summed E-state index contributed by atoms with van der Waals surface area (Å²) in [4.78, 5) is 21.4. The molecule has 1 aliphatic rings. The molecule has 1 aliphatic heterocycles. The molecule has 2 heterocycles. The van der Waals surface area contributed by atoms with Gasteiger partial charge in [-0.05, 0) is 56.2 Å². The van der Waals surface area contributed by atoms with Gasteiger partial charge >= 0.3 is 0 Å². The van der Waals surface area contributed by atoms with Crippen LogP contribution in [0, 0.1) is 6.92 Å². The Morgan fingerprint density at radius 2 is 1.89 bits per heavy atom. The summed E-state index contributed by atoms with van der Waals surface area (Å²) in [5.41, 5.74) is 0.446. The van der Waals surface area contributed by atoms with Crippen LogP contribution in [0.15, 0.2) is 45.7 Å². The van der Waals surface area contributed by atoms with Crippen LogP contribution in [0.2, 0.25) is 0 Å². The lowest BCUT2D eigenvalue weighted by Crippen LogP contribution is -2.34. The van der Waals surface area contributed by atoms with E-state index in [0.717, 1.165) is 37.2 Å². The van der Waals surface area contributed by atoms with E-state index in [-0.39, 0.29) is 16.8 Å². The highest BCUT2D eigenvalue weighted by Crippen LogP contribution is 2.32. The van der Waals surface area contributed by atoms with Crippen molar-refractivity contribution in [1.29, 1.82) is 0 Å². The molecule has 1 unspecified atom stereocenters. The third-order valence-electron chi connectivity index (χ3n) is 4.71. The van der Waals surface area contributed by atoms with Crippen molar-refractivity contribution in [3.05, 3.63) is 53.5 Å². The van der Waals surface area contributed by atoms with Crippen LogP contribution in [0.3, 0.4) is 0 Å². The number of sulfonamides is 1. The number of nitrogens with zero attached hydrogens (tertiary/aromatic N) is 1. The van der Waals surface area contributed by atoms with Crippen LogP contribution < -0.4 is 4.89 Å². The zero-order chi connectivity index (χ0) is 19.4. The summed E-state index contributed by atoms with van der Waals surface area (Å²) in [6.07, 6.45) is 3.89. The fraction of sp³-hybridized carbons (Fsp3) is 0.421. The number of benzene rings is 1. The van der Waals surface area contributed by atoms with E-state index in [1.807, 2.05) is 28.8 Å². The van der Waals surface area contributed by atoms with Crippen LogP contribution in [0.25, 0.3) is 0 Å². The SMILES string of the molecule is CONS(=O)(=O)c1ccc(C(=O)N2CCCCCC2c2ccc(C)o2)cc1. The average Bonchev–Trinajstić information content (AvgIpc) is 2.93. The van der Waals surface area contributed by atoms with Gasteiger partial charge < -0.3 is 9.32 Å². The standard InChI is InChI=1S/C19H24N2O5S/c1-14-7-12-18(26-14)17-6-4-3-5-13-21(17)19(22)15-8-10-16(11-9-15)27(23,24)20-25-2/h7-12,17,20H,3-6,13H2,1-2H3. The normalized spacial score (nSPS) is 18.3. The molecule has 1 fully saturated rings. The molecule has 0 saturated carbocycles. The number of carbonyl (C=O) groups is 1. The molecule has 8 heteroatoms. The van der Waals surface area contributed by atoms with Crippen LogP contribution in [0.4, 0.5) is 0 Å². The summed E-state index contributed by atoms with van der Waals surface area (Å²) in [6, 6.07) is 9.59. The van der Waals surface area contributed by atoms with Crippen LogP contribution in [0.5, 0.6) is 0 Å². The third kappa shape index (κ3) is 4.40. The topological polar surface area (TPSA) is 88.8 Å². The van der Waals surface area contributed by atoms with E-state index in [1.54, 1.807) is 0 Å². The third-order valence-corrected chi connectivity index (χ3v) is 5.99. The molecular formula is C19H24N2O5S. The van der Waals surface area contributed by atoms with Crippen molar-refractivity contribution in [3.8, 4) is 0 Å². The number of carbonyl (C=O) groups excluding carboxylic acids is 1. The van der Waals surface area contributed by atoms with Crippen molar-refractivity contribution in [2.75, 3.05) is 13.7 Å². The molecule has 1 aromatic carbocycles. The Bertz CT molecular complexity index is 889. The minimum Gasteiger partial charge on any atom is -0.464 e. The predicted octanol–water partition coefficient (Wildman–Crippen LogP) is 3.19. The molecule has 1 N–H and O–H groups in total. The maximum atomic E-state index is 13.1. The molecule has 0 spiro atoms. The van der Waals surface area contributed by atoms with Gasteiger partial charge in [-0.15, -0.1) is 0 Å². The maximum Gasteiger partial charge on any atom is 0.262 e. The van der Waals surface area contributed by atoms with Gasteiger partial charge in [-0.2, -0.15) is 0 Å². The molecule has 1 atom stereocenters. The Morgan fingerprint density at radius 1 is 1.15 bits per heavy atom. The Kier molecular flexibility index (Phi) is 5.98. The fourth-order valence-corrected chi connectivity index (χ4v) is 4.19. The highest BCUT2D eigenvalue weighted by Gasteiger charge is 2.29. The zero-order valence-corrected chi connectivity index (χ0v) is 16.3. The monoisotopic (exact) mass is 392 g/mol. The number of nitrogens with one attached hydrogen (secondary N) is 1.